The number of benzene rings is 3. The predicted octanol–water partition coefficient (Wildman–Crippen LogP) is 6.85. The zero-order valence-electron chi connectivity index (χ0n) is 18.5. The second-order valence-electron chi connectivity index (χ2n) is 7.87. The van der Waals surface area contributed by atoms with Crippen LogP contribution in [0.4, 0.5) is 24.5 Å². The Bertz CT molecular complexity index is 1060. The average molecular weight is 473 g/mol. The Kier molecular flexibility index (Phi) is 7.63. The Morgan fingerprint density at radius 2 is 1.61 bits per heavy atom. The number of likely N-dealkylation sites (N-methyl/N-ethyl adjacent to an activating group) is 1. The Labute approximate surface area is 197 Å². The molecule has 0 radical (unpaired) electrons. The summed E-state index contributed by atoms with van der Waals surface area (Å²) >= 11 is 1.52. The Morgan fingerprint density at radius 1 is 0.879 bits per heavy atom. The number of halogens is 3. The van der Waals surface area contributed by atoms with E-state index >= 15 is 0 Å². The second-order valence-corrected chi connectivity index (χ2v) is 8.96. The quantitative estimate of drug-likeness (QED) is 0.317. The normalized spacial score (nSPS) is 13.2. The highest BCUT2D eigenvalue weighted by Gasteiger charge is 2.33. The maximum Gasteiger partial charge on any atom is 0.416 e. The van der Waals surface area contributed by atoms with Crippen LogP contribution in [0, 0.1) is 0 Å². The van der Waals surface area contributed by atoms with E-state index in [-0.39, 0.29) is 0 Å². The molecular weight excluding hydrogens is 445 g/mol. The molecular formula is C26H27F3N2OS. The summed E-state index contributed by atoms with van der Waals surface area (Å²) in [4.78, 5) is 6.18. The standard InChI is InChI=1S/C26H27F3N2OS/c1-2-30(16-17-32-19-20-8-4-3-5-9-20)14-15-31-22-10-6-7-11-24(22)33-25-13-12-21(18-23(25)31)26(27,28)29/h3-13,18H,2,14-17,19H2,1H3. The van der Waals surface area contributed by atoms with Crippen molar-refractivity contribution in [2.75, 3.05) is 37.7 Å². The van der Waals surface area contributed by atoms with Gasteiger partial charge in [-0.1, -0.05) is 61.2 Å². The van der Waals surface area contributed by atoms with Crippen molar-refractivity contribution in [1.29, 1.82) is 0 Å². The summed E-state index contributed by atoms with van der Waals surface area (Å²) < 4.78 is 46.0. The van der Waals surface area contributed by atoms with Crippen molar-refractivity contribution in [2.45, 2.75) is 29.5 Å². The zero-order valence-corrected chi connectivity index (χ0v) is 19.3. The van der Waals surface area contributed by atoms with Gasteiger partial charge in [0.25, 0.3) is 0 Å². The number of anilines is 2. The van der Waals surface area contributed by atoms with Crippen LogP contribution in [0.3, 0.4) is 0 Å². The molecule has 0 atom stereocenters. The van der Waals surface area contributed by atoms with Crippen LogP contribution >= 0.6 is 11.8 Å². The van der Waals surface area contributed by atoms with Crippen LogP contribution in [0.25, 0.3) is 0 Å². The maximum absolute atomic E-state index is 13.4. The molecule has 0 saturated heterocycles. The van der Waals surface area contributed by atoms with Crippen LogP contribution in [-0.4, -0.2) is 37.7 Å². The van der Waals surface area contributed by atoms with Gasteiger partial charge in [-0.2, -0.15) is 13.2 Å². The van der Waals surface area contributed by atoms with Crippen molar-refractivity contribution in [3.8, 4) is 0 Å². The second kappa shape index (κ2) is 10.6. The van der Waals surface area contributed by atoms with E-state index in [9.17, 15) is 13.2 Å². The Morgan fingerprint density at radius 3 is 2.36 bits per heavy atom. The molecule has 3 nitrogen and oxygen atoms in total. The molecule has 3 aromatic carbocycles. The van der Waals surface area contributed by atoms with Crippen LogP contribution in [0.5, 0.6) is 0 Å². The first-order valence-corrected chi connectivity index (χ1v) is 11.9. The highest BCUT2D eigenvalue weighted by molar-refractivity contribution is 7.99. The fourth-order valence-corrected chi connectivity index (χ4v) is 4.95. The summed E-state index contributed by atoms with van der Waals surface area (Å²) in [5.74, 6) is 0. The van der Waals surface area contributed by atoms with Gasteiger partial charge in [0.1, 0.15) is 0 Å². The largest absolute Gasteiger partial charge is 0.416 e. The number of hydrogen-bond donors (Lipinski definition) is 0. The summed E-state index contributed by atoms with van der Waals surface area (Å²) in [5, 5.41) is 0. The summed E-state index contributed by atoms with van der Waals surface area (Å²) in [5.41, 5.74) is 2.09. The van der Waals surface area contributed by atoms with Gasteiger partial charge in [-0.3, -0.25) is 4.90 Å². The highest BCUT2D eigenvalue weighted by Crippen LogP contribution is 2.49. The van der Waals surface area contributed by atoms with E-state index < -0.39 is 11.7 Å². The lowest BCUT2D eigenvalue weighted by atomic mass is 10.1. The first-order chi connectivity index (χ1) is 16.0. The fourth-order valence-electron chi connectivity index (χ4n) is 3.87. The number of hydrogen-bond acceptors (Lipinski definition) is 4. The van der Waals surface area contributed by atoms with E-state index in [1.54, 1.807) is 6.07 Å². The van der Waals surface area contributed by atoms with E-state index in [2.05, 4.69) is 11.8 Å². The molecule has 174 valence electrons. The molecule has 33 heavy (non-hydrogen) atoms. The minimum Gasteiger partial charge on any atom is -0.375 e. The average Bonchev–Trinajstić information content (AvgIpc) is 2.82. The van der Waals surface area contributed by atoms with Gasteiger partial charge in [-0.25, -0.2) is 0 Å². The van der Waals surface area contributed by atoms with E-state index in [0.717, 1.165) is 40.7 Å². The van der Waals surface area contributed by atoms with Crippen molar-refractivity contribution < 1.29 is 17.9 Å². The third kappa shape index (κ3) is 5.91. The first kappa shape index (κ1) is 23.7. The molecule has 0 saturated carbocycles. The lowest BCUT2D eigenvalue weighted by Gasteiger charge is -2.35. The molecule has 0 aromatic heterocycles. The molecule has 0 N–H and O–H groups in total. The van der Waals surface area contributed by atoms with Gasteiger partial charge in [0.15, 0.2) is 0 Å². The topological polar surface area (TPSA) is 15.7 Å². The van der Waals surface area contributed by atoms with Crippen molar-refractivity contribution in [3.63, 3.8) is 0 Å². The van der Waals surface area contributed by atoms with E-state index in [1.807, 2.05) is 59.5 Å². The van der Waals surface area contributed by atoms with Gasteiger partial charge >= 0.3 is 6.18 Å². The van der Waals surface area contributed by atoms with Gasteiger partial charge < -0.3 is 9.64 Å². The van der Waals surface area contributed by atoms with Crippen LogP contribution in [0.2, 0.25) is 0 Å². The van der Waals surface area contributed by atoms with Crippen LogP contribution in [-0.2, 0) is 17.5 Å². The van der Waals surface area contributed by atoms with Crippen LogP contribution < -0.4 is 4.90 Å². The lowest BCUT2D eigenvalue weighted by Crippen LogP contribution is -2.36. The van der Waals surface area contributed by atoms with Crippen molar-refractivity contribution in [2.24, 2.45) is 0 Å². The zero-order chi connectivity index (χ0) is 23.3. The molecule has 0 fully saturated rings. The molecule has 1 heterocycles. The number of fused-ring (bicyclic) bond motifs is 2. The van der Waals surface area contributed by atoms with Gasteiger partial charge in [0.05, 0.1) is 30.2 Å². The summed E-state index contributed by atoms with van der Waals surface area (Å²) in [7, 11) is 0. The van der Waals surface area contributed by atoms with Gasteiger partial charge in [0, 0.05) is 29.4 Å². The molecule has 0 amide bonds. The smallest absolute Gasteiger partial charge is 0.375 e. The highest BCUT2D eigenvalue weighted by atomic mass is 32.2. The molecule has 0 aliphatic carbocycles. The molecule has 1 aliphatic rings. The molecule has 4 rings (SSSR count). The summed E-state index contributed by atoms with van der Waals surface area (Å²) in [6, 6.07) is 22.0. The van der Waals surface area contributed by atoms with Crippen molar-refractivity contribution >= 4 is 23.1 Å². The number of ether oxygens (including phenoxy) is 1. The van der Waals surface area contributed by atoms with Crippen molar-refractivity contribution in [1.82, 2.24) is 4.90 Å². The number of rotatable bonds is 9. The summed E-state index contributed by atoms with van der Waals surface area (Å²) in [6.07, 6.45) is -4.37. The third-order valence-electron chi connectivity index (χ3n) is 5.70. The monoisotopic (exact) mass is 472 g/mol. The number of alkyl halides is 3. The van der Waals surface area contributed by atoms with Crippen LogP contribution in [0.1, 0.15) is 18.1 Å². The Hall–Kier alpha value is -2.48. The molecule has 3 aromatic rings. The summed E-state index contributed by atoms with van der Waals surface area (Å²) in [6.45, 7) is 6.19. The molecule has 0 bridgehead atoms. The van der Waals surface area contributed by atoms with Crippen LogP contribution in [0.15, 0.2) is 82.6 Å². The maximum atomic E-state index is 13.4. The molecule has 0 unspecified atom stereocenters. The van der Waals surface area contributed by atoms with E-state index in [4.69, 9.17) is 4.74 Å². The molecule has 0 spiro atoms. The molecule has 7 heteroatoms. The predicted molar refractivity (Wildman–Crippen MR) is 127 cm³/mol. The minimum absolute atomic E-state index is 0.572. The Balaban J connectivity index is 1.44. The van der Waals surface area contributed by atoms with Gasteiger partial charge in [0.2, 0.25) is 0 Å². The minimum atomic E-state index is -4.37. The molecule has 1 aliphatic heterocycles. The van der Waals surface area contributed by atoms with Gasteiger partial charge in [-0.05, 0) is 42.4 Å². The SMILES string of the molecule is CCN(CCOCc1ccccc1)CCN1c2ccccc2Sc2ccc(C(F)(F)F)cc21. The van der Waals surface area contributed by atoms with E-state index in [1.165, 1.54) is 23.9 Å². The van der Waals surface area contributed by atoms with Crippen molar-refractivity contribution in [3.05, 3.63) is 83.9 Å². The number of nitrogens with zero attached hydrogens (tertiary/aromatic N) is 2. The third-order valence-corrected chi connectivity index (χ3v) is 6.83. The van der Waals surface area contributed by atoms with E-state index in [0.29, 0.717) is 25.4 Å². The first-order valence-electron chi connectivity index (χ1n) is 11.1. The lowest BCUT2D eigenvalue weighted by molar-refractivity contribution is -0.137. The van der Waals surface area contributed by atoms with Gasteiger partial charge in [-0.15, -0.1) is 0 Å². The number of para-hydroxylation sites is 1. The fraction of sp³-hybridized carbons (Fsp3) is 0.308.